The van der Waals surface area contributed by atoms with E-state index < -0.39 is 0 Å². The van der Waals surface area contributed by atoms with Crippen molar-refractivity contribution in [1.29, 1.82) is 0 Å². The van der Waals surface area contributed by atoms with Crippen LogP contribution in [-0.2, 0) is 9.47 Å². The lowest BCUT2D eigenvalue weighted by molar-refractivity contribution is -0.0166. The Hall–Kier alpha value is -0.160. The van der Waals surface area contributed by atoms with Crippen molar-refractivity contribution in [2.24, 2.45) is 17.8 Å². The molecular weight excluding hydrogens is 254 g/mol. The third kappa shape index (κ3) is 3.94. The highest BCUT2D eigenvalue weighted by molar-refractivity contribution is 4.89. The van der Waals surface area contributed by atoms with E-state index in [1.807, 2.05) is 0 Å². The largest absolute Gasteiger partial charge is 0.389 e. The zero-order valence-electron chi connectivity index (χ0n) is 12.5. The van der Waals surface area contributed by atoms with Gasteiger partial charge in [0.05, 0.1) is 25.9 Å². The van der Waals surface area contributed by atoms with Crippen LogP contribution in [0.2, 0.25) is 0 Å². The molecule has 3 rings (SSSR count). The van der Waals surface area contributed by atoms with Crippen LogP contribution in [0.1, 0.15) is 32.1 Å². The molecule has 1 saturated heterocycles. The molecule has 3 aliphatic rings. The van der Waals surface area contributed by atoms with Crippen LogP contribution < -0.4 is 0 Å². The summed E-state index contributed by atoms with van der Waals surface area (Å²) in [5, 5.41) is 9.99. The summed E-state index contributed by atoms with van der Waals surface area (Å²) in [4.78, 5) is 2.26. The first kappa shape index (κ1) is 14.8. The van der Waals surface area contributed by atoms with Crippen molar-refractivity contribution in [3.8, 4) is 0 Å². The first-order valence-corrected chi connectivity index (χ1v) is 8.37. The molecule has 4 heteroatoms. The summed E-state index contributed by atoms with van der Waals surface area (Å²) in [6.45, 7) is 5.48. The van der Waals surface area contributed by atoms with Gasteiger partial charge in [-0.25, -0.2) is 0 Å². The van der Waals surface area contributed by atoms with Crippen LogP contribution >= 0.6 is 0 Å². The van der Waals surface area contributed by atoms with E-state index in [9.17, 15) is 5.11 Å². The SMILES string of the molecule is O[C@@H](COCC[C@@H]1C[C@H]2CC[C@H]1C2)CN1CCOCC1. The Bertz CT molecular complexity index is 293. The standard InChI is InChI=1S/C16H29NO3/c18-16(11-17-4-7-19-8-5-17)12-20-6-3-15-10-13-1-2-14(15)9-13/h13-16,18H,1-12H2/t13-,14-,15+,16+/m0/s1. The molecule has 0 amide bonds. The van der Waals surface area contributed by atoms with Crippen LogP contribution in [0.5, 0.6) is 0 Å². The fourth-order valence-electron chi connectivity index (χ4n) is 4.32. The topological polar surface area (TPSA) is 41.9 Å². The van der Waals surface area contributed by atoms with E-state index in [1.165, 1.54) is 32.1 Å². The Balaban J connectivity index is 1.24. The fourth-order valence-corrected chi connectivity index (χ4v) is 4.32. The molecule has 2 saturated carbocycles. The lowest BCUT2D eigenvalue weighted by Crippen LogP contribution is -2.42. The monoisotopic (exact) mass is 283 g/mol. The highest BCUT2D eigenvalue weighted by Gasteiger charge is 2.38. The van der Waals surface area contributed by atoms with Crippen LogP contribution in [0, 0.1) is 17.8 Å². The van der Waals surface area contributed by atoms with Gasteiger partial charge in [0.2, 0.25) is 0 Å². The molecule has 0 radical (unpaired) electrons. The highest BCUT2D eigenvalue weighted by Crippen LogP contribution is 2.49. The van der Waals surface area contributed by atoms with Gasteiger partial charge < -0.3 is 14.6 Å². The third-order valence-electron chi connectivity index (χ3n) is 5.40. The van der Waals surface area contributed by atoms with Gasteiger partial charge in [-0.1, -0.05) is 6.42 Å². The van der Waals surface area contributed by atoms with Gasteiger partial charge in [0.25, 0.3) is 0 Å². The van der Waals surface area contributed by atoms with Crippen molar-refractivity contribution < 1.29 is 14.6 Å². The number of aliphatic hydroxyl groups excluding tert-OH is 1. The first-order valence-electron chi connectivity index (χ1n) is 8.37. The number of morpholine rings is 1. The van der Waals surface area contributed by atoms with Crippen LogP contribution in [0.4, 0.5) is 0 Å². The molecule has 2 bridgehead atoms. The van der Waals surface area contributed by atoms with E-state index in [-0.39, 0.29) is 6.10 Å². The number of β-amino-alcohol motifs (C(OH)–C–C–N with tert-alkyl or cyclic N) is 1. The summed E-state index contributed by atoms with van der Waals surface area (Å²) < 4.78 is 11.0. The number of hydrogen-bond acceptors (Lipinski definition) is 4. The maximum atomic E-state index is 9.99. The maximum Gasteiger partial charge on any atom is 0.0900 e. The molecule has 20 heavy (non-hydrogen) atoms. The third-order valence-corrected chi connectivity index (χ3v) is 5.40. The average Bonchev–Trinajstić information content (AvgIpc) is 3.07. The second kappa shape index (κ2) is 7.21. The smallest absolute Gasteiger partial charge is 0.0900 e. The van der Waals surface area contributed by atoms with Crippen molar-refractivity contribution in [3.05, 3.63) is 0 Å². The Morgan fingerprint density at radius 3 is 2.75 bits per heavy atom. The number of fused-ring (bicyclic) bond motifs is 2. The second-order valence-electron chi connectivity index (χ2n) is 6.87. The molecular formula is C16H29NO3. The quantitative estimate of drug-likeness (QED) is 0.719. The van der Waals surface area contributed by atoms with E-state index in [0.29, 0.717) is 6.61 Å². The van der Waals surface area contributed by atoms with E-state index >= 15 is 0 Å². The van der Waals surface area contributed by atoms with Crippen LogP contribution in [0.15, 0.2) is 0 Å². The number of ether oxygens (including phenoxy) is 2. The van der Waals surface area contributed by atoms with Crippen LogP contribution in [-0.4, -0.2) is 62.2 Å². The van der Waals surface area contributed by atoms with Crippen LogP contribution in [0.25, 0.3) is 0 Å². The minimum atomic E-state index is -0.354. The Morgan fingerprint density at radius 2 is 2.05 bits per heavy atom. The zero-order valence-corrected chi connectivity index (χ0v) is 12.5. The summed E-state index contributed by atoms with van der Waals surface area (Å²) in [5.41, 5.74) is 0. The average molecular weight is 283 g/mol. The van der Waals surface area contributed by atoms with Gasteiger partial charge in [-0.3, -0.25) is 4.90 Å². The normalized spacial score (nSPS) is 35.5. The molecule has 0 aromatic rings. The van der Waals surface area contributed by atoms with Gasteiger partial charge in [0.15, 0.2) is 0 Å². The predicted molar refractivity (Wildman–Crippen MR) is 77.6 cm³/mol. The van der Waals surface area contributed by atoms with Gasteiger partial charge in [-0.15, -0.1) is 0 Å². The minimum absolute atomic E-state index is 0.354. The van der Waals surface area contributed by atoms with Gasteiger partial charge in [-0.05, 0) is 43.4 Å². The number of rotatable bonds is 7. The van der Waals surface area contributed by atoms with E-state index in [1.54, 1.807) is 0 Å². The molecule has 116 valence electrons. The van der Waals surface area contributed by atoms with E-state index in [0.717, 1.165) is 57.2 Å². The molecule has 2 aliphatic carbocycles. The molecule has 1 heterocycles. The lowest BCUT2D eigenvalue weighted by atomic mass is 9.87. The van der Waals surface area contributed by atoms with Crippen molar-refractivity contribution >= 4 is 0 Å². The van der Waals surface area contributed by atoms with Crippen molar-refractivity contribution in [2.45, 2.75) is 38.2 Å². The van der Waals surface area contributed by atoms with Crippen molar-refractivity contribution in [1.82, 2.24) is 4.90 Å². The fraction of sp³-hybridized carbons (Fsp3) is 1.00. The van der Waals surface area contributed by atoms with Crippen LogP contribution in [0.3, 0.4) is 0 Å². The summed E-state index contributed by atoms with van der Waals surface area (Å²) >= 11 is 0. The summed E-state index contributed by atoms with van der Waals surface area (Å²) in [7, 11) is 0. The van der Waals surface area contributed by atoms with Crippen molar-refractivity contribution in [3.63, 3.8) is 0 Å². The van der Waals surface area contributed by atoms with E-state index in [4.69, 9.17) is 9.47 Å². The lowest BCUT2D eigenvalue weighted by Gasteiger charge is -2.28. The van der Waals surface area contributed by atoms with Gasteiger partial charge in [-0.2, -0.15) is 0 Å². The maximum absolute atomic E-state index is 9.99. The molecule has 0 aromatic carbocycles. The predicted octanol–water partition coefficient (Wildman–Crippen LogP) is 1.52. The summed E-state index contributed by atoms with van der Waals surface area (Å²) in [5.74, 6) is 2.92. The second-order valence-corrected chi connectivity index (χ2v) is 6.87. The summed E-state index contributed by atoms with van der Waals surface area (Å²) in [6.07, 6.45) is 6.68. The number of aliphatic hydroxyl groups is 1. The molecule has 3 fully saturated rings. The molecule has 0 spiro atoms. The molecule has 4 nitrogen and oxygen atoms in total. The highest BCUT2D eigenvalue weighted by atomic mass is 16.5. The van der Waals surface area contributed by atoms with Gasteiger partial charge in [0.1, 0.15) is 0 Å². The minimum Gasteiger partial charge on any atom is -0.389 e. The van der Waals surface area contributed by atoms with E-state index in [2.05, 4.69) is 4.90 Å². The summed E-state index contributed by atoms with van der Waals surface area (Å²) in [6, 6.07) is 0. The molecule has 0 unspecified atom stereocenters. The number of nitrogens with zero attached hydrogens (tertiary/aromatic N) is 1. The Morgan fingerprint density at radius 1 is 1.20 bits per heavy atom. The molecule has 0 aromatic heterocycles. The Labute approximate surface area is 122 Å². The zero-order chi connectivity index (χ0) is 13.8. The first-order chi connectivity index (χ1) is 9.81. The van der Waals surface area contributed by atoms with Crippen molar-refractivity contribution in [2.75, 3.05) is 46.1 Å². The molecule has 1 N–H and O–H groups in total. The Kier molecular flexibility index (Phi) is 5.32. The number of hydrogen-bond donors (Lipinski definition) is 1. The molecule has 1 aliphatic heterocycles. The van der Waals surface area contributed by atoms with Gasteiger partial charge in [0, 0.05) is 26.2 Å². The molecule has 4 atom stereocenters. The van der Waals surface area contributed by atoms with Gasteiger partial charge >= 0.3 is 0 Å².